The van der Waals surface area contributed by atoms with Crippen molar-refractivity contribution in [2.24, 2.45) is 16.1 Å². The lowest BCUT2D eigenvalue weighted by Crippen LogP contribution is -2.41. The third-order valence-electron chi connectivity index (χ3n) is 4.19. The van der Waals surface area contributed by atoms with E-state index in [-0.39, 0.29) is 0 Å². The van der Waals surface area contributed by atoms with Crippen LogP contribution in [0.5, 0.6) is 0 Å². The minimum absolute atomic E-state index is 0.412. The Morgan fingerprint density at radius 2 is 2.00 bits per heavy atom. The lowest BCUT2D eigenvalue weighted by Gasteiger charge is -2.27. The molecule has 2 fully saturated rings. The van der Waals surface area contributed by atoms with Crippen molar-refractivity contribution >= 4 is 5.96 Å². The molecule has 0 atom stereocenters. The highest BCUT2D eigenvalue weighted by molar-refractivity contribution is 5.78. The smallest absolute Gasteiger partial charge is 0.191 e. The maximum Gasteiger partial charge on any atom is 0.191 e. The van der Waals surface area contributed by atoms with Gasteiger partial charge >= 0.3 is 0 Å². The van der Waals surface area contributed by atoms with Crippen molar-refractivity contribution in [3.63, 3.8) is 0 Å². The Morgan fingerprint density at radius 1 is 1.28 bits per heavy atom. The highest BCUT2D eigenvalue weighted by Gasteiger charge is 2.41. The van der Waals surface area contributed by atoms with Gasteiger partial charge in [0.2, 0.25) is 0 Å². The summed E-state index contributed by atoms with van der Waals surface area (Å²) in [7, 11) is 0. The van der Waals surface area contributed by atoms with Crippen LogP contribution in [-0.2, 0) is 4.74 Å². The van der Waals surface area contributed by atoms with Gasteiger partial charge in [-0.05, 0) is 50.9 Å². The molecule has 0 amide bonds. The molecule has 1 saturated heterocycles. The number of hydrogen-bond acceptors (Lipinski definition) is 2. The number of rotatable bonds is 6. The summed E-state index contributed by atoms with van der Waals surface area (Å²) in [5.41, 5.74) is 6.50. The number of likely N-dealkylation sites (tertiary alicyclic amines) is 1. The Hall–Kier alpha value is -0.770. The van der Waals surface area contributed by atoms with Crippen molar-refractivity contribution < 1.29 is 4.74 Å². The van der Waals surface area contributed by atoms with E-state index in [4.69, 9.17) is 10.5 Å². The predicted octanol–water partition coefficient (Wildman–Crippen LogP) is 1.99. The van der Waals surface area contributed by atoms with Crippen LogP contribution in [0.4, 0.5) is 0 Å². The monoisotopic (exact) mass is 253 g/mol. The summed E-state index contributed by atoms with van der Waals surface area (Å²) in [4.78, 5) is 6.86. The van der Waals surface area contributed by atoms with Crippen LogP contribution in [0.1, 0.15) is 45.4 Å². The van der Waals surface area contributed by atoms with Gasteiger partial charge in [0.1, 0.15) is 0 Å². The average Bonchev–Trinajstić information content (AvgIpc) is 3.18. The molecule has 18 heavy (non-hydrogen) atoms. The van der Waals surface area contributed by atoms with Crippen molar-refractivity contribution in [3.05, 3.63) is 0 Å². The van der Waals surface area contributed by atoms with Crippen molar-refractivity contribution in [2.45, 2.75) is 45.4 Å². The van der Waals surface area contributed by atoms with Gasteiger partial charge in [-0.1, -0.05) is 0 Å². The Bertz CT molecular complexity index is 281. The van der Waals surface area contributed by atoms with Gasteiger partial charge < -0.3 is 15.4 Å². The zero-order chi connectivity index (χ0) is 12.8. The number of ether oxygens (including phenoxy) is 1. The topological polar surface area (TPSA) is 50.9 Å². The van der Waals surface area contributed by atoms with Crippen LogP contribution in [0.25, 0.3) is 0 Å². The van der Waals surface area contributed by atoms with Gasteiger partial charge in [0, 0.05) is 32.8 Å². The molecular formula is C14H27N3O. The Morgan fingerprint density at radius 3 is 2.61 bits per heavy atom. The fourth-order valence-electron chi connectivity index (χ4n) is 2.57. The van der Waals surface area contributed by atoms with Crippen molar-refractivity contribution in [3.8, 4) is 0 Å². The van der Waals surface area contributed by atoms with Crippen LogP contribution in [0.3, 0.4) is 0 Å². The van der Waals surface area contributed by atoms with Gasteiger partial charge in [0.15, 0.2) is 5.96 Å². The zero-order valence-electron chi connectivity index (χ0n) is 11.7. The van der Waals surface area contributed by atoms with Gasteiger partial charge in [-0.15, -0.1) is 0 Å². The molecule has 104 valence electrons. The van der Waals surface area contributed by atoms with E-state index in [9.17, 15) is 0 Å². The fourth-order valence-corrected chi connectivity index (χ4v) is 2.57. The molecule has 0 bridgehead atoms. The molecule has 0 aromatic rings. The SMILES string of the molecule is CCOCCC1(CN=C(N)N2CCCCC2)CC1. The second-order valence-electron chi connectivity index (χ2n) is 5.67. The summed E-state index contributed by atoms with van der Waals surface area (Å²) in [5.74, 6) is 0.761. The molecule has 0 aromatic carbocycles. The predicted molar refractivity (Wildman–Crippen MR) is 74.7 cm³/mol. The largest absolute Gasteiger partial charge is 0.382 e. The molecule has 0 radical (unpaired) electrons. The van der Waals surface area contributed by atoms with E-state index in [0.29, 0.717) is 5.41 Å². The lowest BCUT2D eigenvalue weighted by atomic mass is 10.0. The quantitative estimate of drug-likeness (QED) is 0.447. The van der Waals surface area contributed by atoms with E-state index >= 15 is 0 Å². The first-order valence-electron chi connectivity index (χ1n) is 7.38. The molecular weight excluding hydrogens is 226 g/mol. The molecule has 0 unspecified atom stereocenters. The summed E-state index contributed by atoms with van der Waals surface area (Å²) in [6.45, 7) is 6.79. The van der Waals surface area contributed by atoms with E-state index in [0.717, 1.165) is 45.2 Å². The number of guanidine groups is 1. The summed E-state index contributed by atoms with van der Waals surface area (Å²) < 4.78 is 5.44. The summed E-state index contributed by atoms with van der Waals surface area (Å²) in [6, 6.07) is 0. The number of nitrogens with two attached hydrogens (primary N) is 1. The standard InChI is InChI=1S/C14H27N3O/c1-2-18-11-8-14(6-7-14)12-16-13(15)17-9-4-3-5-10-17/h2-12H2,1H3,(H2,15,16). The molecule has 0 aromatic heterocycles. The minimum Gasteiger partial charge on any atom is -0.382 e. The second kappa shape index (κ2) is 6.41. The summed E-state index contributed by atoms with van der Waals surface area (Å²) >= 11 is 0. The van der Waals surface area contributed by atoms with Gasteiger partial charge in [-0.25, -0.2) is 0 Å². The maximum absolute atomic E-state index is 6.08. The highest BCUT2D eigenvalue weighted by Crippen LogP contribution is 2.49. The van der Waals surface area contributed by atoms with E-state index in [1.165, 1.54) is 32.1 Å². The van der Waals surface area contributed by atoms with Gasteiger partial charge in [-0.2, -0.15) is 0 Å². The van der Waals surface area contributed by atoms with Crippen LogP contribution >= 0.6 is 0 Å². The summed E-state index contributed by atoms with van der Waals surface area (Å²) in [6.07, 6.45) is 7.56. The highest BCUT2D eigenvalue weighted by atomic mass is 16.5. The lowest BCUT2D eigenvalue weighted by molar-refractivity contribution is 0.129. The van der Waals surface area contributed by atoms with Crippen LogP contribution in [-0.4, -0.2) is 43.7 Å². The van der Waals surface area contributed by atoms with E-state index in [1.807, 2.05) is 6.92 Å². The van der Waals surface area contributed by atoms with E-state index in [1.54, 1.807) is 0 Å². The molecule has 4 heteroatoms. The molecule has 1 aliphatic carbocycles. The van der Waals surface area contributed by atoms with Gasteiger partial charge in [0.25, 0.3) is 0 Å². The Kier molecular flexibility index (Phi) is 4.87. The number of aliphatic imine (C=N–C) groups is 1. The third-order valence-corrected chi connectivity index (χ3v) is 4.19. The molecule has 2 rings (SSSR count). The van der Waals surface area contributed by atoms with Crippen molar-refractivity contribution in [2.75, 3.05) is 32.8 Å². The van der Waals surface area contributed by atoms with E-state index < -0.39 is 0 Å². The first kappa shape index (κ1) is 13.7. The Labute approximate surface area is 111 Å². The fraction of sp³-hybridized carbons (Fsp3) is 0.929. The number of nitrogens with zero attached hydrogens (tertiary/aromatic N) is 2. The van der Waals surface area contributed by atoms with Gasteiger partial charge in [-0.3, -0.25) is 4.99 Å². The van der Waals surface area contributed by atoms with E-state index in [2.05, 4.69) is 9.89 Å². The summed E-state index contributed by atoms with van der Waals surface area (Å²) in [5, 5.41) is 0. The van der Waals surface area contributed by atoms with Crippen LogP contribution in [0.15, 0.2) is 4.99 Å². The number of piperidine rings is 1. The number of hydrogen-bond donors (Lipinski definition) is 1. The first-order valence-corrected chi connectivity index (χ1v) is 7.38. The zero-order valence-corrected chi connectivity index (χ0v) is 11.7. The third kappa shape index (κ3) is 3.87. The molecule has 2 N–H and O–H groups in total. The molecule has 2 aliphatic rings. The average molecular weight is 253 g/mol. The van der Waals surface area contributed by atoms with Crippen molar-refractivity contribution in [1.82, 2.24) is 4.90 Å². The van der Waals surface area contributed by atoms with Crippen LogP contribution in [0, 0.1) is 5.41 Å². The molecule has 0 spiro atoms. The molecule has 1 saturated carbocycles. The second-order valence-corrected chi connectivity index (χ2v) is 5.67. The normalized spacial score (nSPS) is 23.2. The first-order chi connectivity index (χ1) is 8.76. The Balaban J connectivity index is 1.74. The maximum atomic E-state index is 6.08. The minimum atomic E-state index is 0.412. The molecule has 1 aliphatic heterocycles. The van der Waals surface area contributed by atoms with Crippen LogP contribution < -0.4 is 5.73 Å². The van der Waals surface area contributed by atoms with Crippen molar-refractivity contribution in [1.29, 1.82) is 0 Å². The van der Waals surface area contributed by atoms with Gasteiger partial charge in [0.05, 0.1) is 0 Å². The van der Waals surface area contributed by atoms with Crippen LogP contribution in [0.2, 0.25) is 0 Å². The molecule has 4 nitrogen and oxygen atoms in total. The molecule has 1 heterocycles.